The molecule has 7 heteroatoms. The Morgan fingerprint density at radius 3 is 3.10 bits per heavy atom. The maximum atomic E-state index is 11.0. The van der Waals surface area contributed by atoms with Crippen molar-refractivity contribution in [3.8, 4) is 11.6 Å². The number of nitrogens with zero attached hydrogens (tertiary/aromatic N) is 4. The van der Waals surface area contributed by atoms with Gasteiger partial charge >= 0.3 is 6.09 Å². The lowest BCUT2D eigenvalue weighted by Crippen LogP contribution is -2.38. The van der Waals surface area contributed by atoms with Gasteiger partial charge in [0, 0.05) is 25.2 Å². The predicted octanol–water partition coefficient (Wildman–Crippen LogP) is 1.99. The molecule has 0 bridgehead atoms. The number of rotatable bonds is 2. The van der Waals surface area contributed by atoms with Crippen LogP contribution in [0.4, 0.5) is 4.79 Å². The first kappa shape index (κ1) is 12.6. The SMILES string of the molecule is O=C(O)N1CCCC(c2noc(-c3ccccn3)n2)C1. The van der Waals surface area contributed by atoms with Crippen LogP contribution in [0.1, 0.15) is 24.6 Å². The Balaban J connectivity index is 1.78. The Hall–Kier alpha value is -2.44. The third-order valence-corrected chi connectivity index (χ3v) is 3.38. The molecule has 3 heterocycles. The molecule has 2 aromatic heterocycles. The summed E-state index contributed by atoms with van der Waals surface area (Å²) in [6.07, 6.45) is 2.43. The van der Waals surface area contributed by atoms with E-state index in [1.807, 2.05) is 12.1 Å². The van der Waals surface area contributed by atoms with E-state index < -0.39 is 6.09 Å². The monoisotopic (exact) mass is 274 g/mol. The molecule has 20 heavy (non-hydrogen) atoms. The molecule has 1 unspecified atom stereocenters. The largest absolute Gasteiger partial charge is 0.465 e. The first-order chi connectivity index (χ1) is 9.74. The zero-order chi connectivity index (χ0) is 13.9. The Morgan fingerprint density at radius 2 is 2.35 bits per heavy atom. The summed E-state index contributed by atoms with van der Waals surface area (Å²) in [4.78, 5) is 20.9. The summed E-state index contributed by atoms with van der Waals surface area (Å²) >= 11 is 0. The minimum absolute atomic E-state index is 0.0129. The van der Waals surface area contributed by atoms with Crippen molar-refractivity contribution in [3.05, 3.63) is 30.2 Å². The summed E-state index contributed by atoms with van der Waals surface area (Å²) < 4.78 is 5.21. The molecular weight excluding hydrogens is 260 g/mol. The molecular formula is C13H14N4O3. The van der Waals surface area contributed by atoms with E-state index in [9.17, 15) is 4.79 Å². The van der Waals surface area contributed by atoms with Crippen LogP contribution in [0, 0.1) is 0 Å². The van der Waals surface area contributed by atoms with Gasteiger partial charge < -0.3 is 14.5 Å². The number of pyridine rings is 1. The van der Waals surface area contributed by atoms with E-state index in [-0.39, 0.29) is 5.92 Å². The fraction of sp³-hybridized carbons (Fsp3) is 0.385. The number of carbonyl (C=O) groups is 1. The highest BCUT2D eigenvalue weighted by Gasteiger charge is 2.28. The molecule has 1 atom stereocenters. The number of hydrogen-bond donors (Lipinski definition) is 1. The molecule has 1 aliphatic rings. The number of amides is 1. The third-order valence-electron chi connectivity index (χ3n) is 3.38. The minimum atomic E-state index is -0.900. The molecule has 3 rings (SSSR count). The van der Waals surface area contributed by atoms with E-state index in [1.165, 1.54) is 4.90 Å². The van der Waals surface area contributed by atoms with Crippen molar-refractivity contribution in [2.24, 2.45) is 0 Å². The van der Waals surface area contributed by atoms with Crippen LogP contribution in [0.2, 0.25) is 0 Å². The van der Waals surface area contributed by atoms with Crippen LogP contribution in [0.25, 0.3) is 11.6 Å². The van der Waals surface area contributed by atoms with Gasteiger partial charge in [-0.05, 0) is 25.0 Å². The van der Waals surface area contributed by atoms with Crippen molar-refractivity contribution in [3.63, 3.8) is 0 Å². The van der Waals surface area contributed by atoms with Crippen LogP contribution in [0.3, 0.4) is 0 Å². The predicted molar refractivity (Wildman–Crippen MR) is 69.1 cm³/mol. The Morgan fingerprint density at radius 1 is 1.45 bits per heavy atom. The lowest BCUT2D eigenvalue weighted by atomic mass is 9.98. The summed E-state index contributed by atoms with van der Waals surface area (Å²) in [5.41, 5.74) is 0.622. The van der Waals surface area contributed by atoms with Crippen molar-refractivity contribution >= 4 is 6.09 Å². The highest BCUT2D eigenvalue weighted by atomic mass is 16.5. The average molecular weight is 274 g/mol. The van der Waals surface area contributed by atoms with Crippen LogP contribution < -0.4 is 0 Å². The van der Waals surface area contributed by atoms with E-state index >= 15 is 0 Å². The van der Waals surface area contributed by atoms with Gasteiger partial charge in [-0.25, -0.2) is 4.79 Å². The van der Waals surface area contributed by atoms with Crippen molar-refractivity contribution in [2.75, 3.05) is 13.1 Å². The molecule has 0 saturated carbocycles. The molecule has 0 aromatic carbocycles. The normalized spacial score (nSPS) is 19.0. The standard InChI is InChI=1S/C13H14N4O3/c18-13(19)17-7-3-4-9(8-17)11-15-12(20-16-11)10-5-1-2-6-14-10/h1-2,5-6,9H,3-4,7-8H2,(H,18,19). The van der Waals surface area contributed by atoms with Gasteiger partial charge in [0.1, 0.15) is 5.69 Å². The van der Waals surface area contributed by atoms with E-state index in [4.69, 9.17) is 9.63 Å². The fourth-order valence-corrected chi connectivity index (χ4v) is 2.36. The molecule has 0 spiro atoms. The first-order valence-corrected chi connectivity index (χ1v) is 6.47. The summed E-state index contributed by atoms with van der Waals surface area (Å²) in [5.74, 6) is 0.908. The van der Waals surface area contributed by atoms with Gasteiger partial charge in [0.25, 0.3) is 5.89 Å². The lowest BCUT2D eigenvalue weighted by Gasteiger charge is -2.28. The Bertz CT molecular complexity index is 599. The second kappa shape index (κ2) is 5.28. The summed E-state index contributed by atoms with van der Waals surface area (Å²) in [6, 6.07) is 5.45. The molecule has 1 N–H and O–H groups in total. The van der Waals surface area contributed by atoms with Crippen LogP contribution >= 0.6 is 0 Å². The fourth-order valence-electron chi connectivity index (χ4n) is 2.36. The van der Waals surface area contributed by atoms with Gasteiger partial charge in [0.2, 0.25) is 0 Å². The summed E-state index contributed by atoms with van der Waals surface area (Å²) in [6.45, 7) is 0.979. The van der Waals surface area contributed by atoms with E-state index in [2.05, 4.69) is 15.1 Å². The highest BCUT2D eigenvalue weighted by Crippen LogP contribution is 2.26. The molecule has 1 saturated heterocycles. The maximum absolute atomic E-state index is 11.0. The Kier molecular flexibility index (Phi) is 3.32. The second-order valence-corrected chi connectivity index (χ2v) is 4.74. The molecule has 0 aliphatic carbocycles. The van der Waals surface area contributed by atoms with Crippen LogP contribution in [-0.4, -0.2) is 44.3 Å². The minimum Gasteiger partial charge on any atom is -0.465 e. The number of aromatic nitrogens is 3. The van der Waals surface area contributed by atoms with Gasteiger partial charge in [0.05, 0.1) is 0 Å². The first-order valence-electron chi connectivity index (χ1n) is 6.47. The molecule has 0 radical (unpaired) electrons. The van der Waals surface area contributed by atoms with E-state index in [0.717, 1.165) is 12.8 Å². The molecule has 1 fully saturated rings. The molecule has 1 amide bonds. The average Bonchev–Trinajstić information content (AvgIpc) is 2.98. The molecule has 104 valence electrons. The maximum Gasteiger partial charge on any atom is 0.407 e. The molecule has 7 nitrogen and oxygen atoms in total. The van der Waals surface area contributed by atoms with Gasteiger partial charge in [-0.1, -0.05) is 11.2 Å². The molecule has 2 aromatic rings. The number of piperidine rings is 1. The molecule has 1 aliphatic heterocycles. The van der Waals surface area contributed by atoms with Crippen molar-refractivity contribution < 1.29 is 14.4 Å². The zero-order valence-electron chi connectivity index (χ0n) is 10.8. The van der Waals surface area contributed by atoms with Crippen LogP contribution in [0.15, 0.2) is 28.9 Å². The quantitative estimate of drug-likeness (QED) is 0.900. The summed E-state index contributed by atoms with van der Waals surface area (Å²) in [5, 5.41) is 13.0. The highest BCUT2D eigenvalue weighted by molar-refractivity contribution is 5.65. The number of hydrogen-bond acceptors (Lipinski definition) is 5. The van der Waals surface area contributed by atoms with Crippen molar-refractivity contribution in [1.82, 2.24) is 20.0 Å². The lowest BCUT2D eigenvalue weighted by molar-refractivity contribution is 0.129. The van der Waals surface area contributed by atoms with Gasteiger partial charge in [-0.3, -0.25) is 4.98 Å². The van der Waals surface area contributed by atoms with Crippen LogP contribution in [-0.2, 0) is 0 Å². The summed E-state index contributed by atoms with van der Waals surface area (Å²) in [7, 11) is 0. The van der Waals surface area contributed by atoms with Gasteiger partial charge in [-0.2, -0.15) is 4.98 Å². The van der Waals surface area contributed by atoms with Crippen molar-refractivity contribution in [2.45, 2.75) is 18.8 Å². The topological polar surface area (TPSA) is 92.3 Å². The number of likely N-dealkylation sites (tertiary alicyclic amines) is 1. The van der Waals surface area contributed by atoms with Crippen LogP contribution in [0.5, 0.6) is 0 Å². The Labute approximate surface area is 115 Å². The van der Waals surface area contributed by atoms with Gasteiger partial charge in [0.15, 0.2) is 5.82 Å². The van der Waals surface area contributed by atoms with Gasteiger partial charge in [-0.15, -0.1) is 0 Å². The van der Waals surface area contributed by atoms with E-state index in [0.29, 0.717) is 30.5 Å². The zero-order valence-corrected chi connectivity index (χ0v) is 10.8. The van der Waals surface area contributed by atoms with E-state index in [1.54, 1.807) is 12.3 Å². The second-order valence-electron chi connectivity index (χ2n) is 4.74. The number of carboxylic acid groups (broad SMARTS) is 1. The third kappa shape index (κ3) is 2.47. The van der Waals surface area contributed by atoms with Crippen molar-refractivity contribution in [1.29, 1.82) is 0 Å². The smallest absolute Gasteiger partial charge is 0.407 e.